The lowest BCUT2D eigenvalue weighted by atomic mass is 9.94. The molecule has 2 aromatic rings. The highest BCUT2D eigenvalue weighted by Crippen LogP contribution is 2.29. The molecule has 2 N–H and O–H groups in total. The first-order valence-electron chi connectivity index (χ1n) is 9.40. The van der Waals surface area contributed by atoms with E-state index < -0.39 is 18.0 Å². The zero-order valence-corrected chi connectivity index (χ0v) is 16.7. The van der Waals surface area contributed by atoms with E-state index in [2.05, 4.69) is 10.6 Å². The molecule has 0 fully saturated rings. The predicted molar refractivity (Wildman–Crippen MR) is 109 cm³/mol. The fourth-order valence-corrected chi connectivity index (χ4v) is 3.23. The highest BCUT2D eigenvalue weighted by Gasteiger charge is 2.34. The summed E-state index contributed by atoms with van der Waals surface area (Å²) in [5.41, 5.74) is 3.41. The second-order valence-corrected chi connectivity index (χ2v) is 6.89. The number of hydrogen-bond acceptors (Lipinski definition) is 4. The molecule has 0 bridgehead atoms. The number of rotatable bonds is 6. The zero-order chi connectivity index (χ0) is 21.0. The van der Waals surface area contributed by atoms with Crippen LogP contribution in [0.5, 0.6) is 0 Å². The van der Waals surface area contributed by atoms with Crippen LogP contribution in [0.15, 0.2) is 59.8 Å². The van der Waals surface area contributed by atoms with E-state index in [0.29, 0.717) is 11.3 Å². The van der Waals surface area contributed by atoms with Crippen LogP contribution in [0.4, 0.5) is 14.9 Å². The molecule has 6 nitrogen and oxygen atoms in total. The van der Waals surface area contributed by atoms with E-state index in [1.807, 2.05) is 36.1 Å². The van der Waals surface area contributed by atoms with Crippen molar-refractivity contribution in [2.75, 3.05) is 25.1 Å². The molecule has 0 aliphatic carbocycles. The van der Waals surface area contributed by atoms with Gasteiger partial charge in [0.05, 0.1) is 30.5 Å². The summed E-state index contributed by atoms with van der Waals surface area (Å²) in [6.45, 7) is 4.17. The Hall–Kier alpha value is -3.35. The van der Waals surface area contributed by atoms with Gasteiger partial charge in [-0.25, -0.2) is 14.0 Å². The number of anilines is 1. The van der Waals surface area contributed by atoms with E-state index in [0.717, 1.165) is 16.8 Å². The van der Waals surface area contributed by atoms with Gasteiger partial charge in [-0.15, -0.1) is 0 Å². The molecule has 1 heterocycles. The van der Waals surface area contributed by atoms with Crippen molar-refractivity contribution in [3.8, 4) is 0 Å². The quantitative estimate of drug-likeness (QED) is 0.733. The van der Waals surface area contributed by atoms with Crippen molar-refractivity contribution in [3.63, 3.8) is 0 Å². The highest BCUT2D eigenvalue weighted by atomic mass is 19.1. The number of likely N-dealkylation sites (N-methyl/N-ethyl adjacent to an activating group) is 1. The van der Waals surface area contributed by atoms with Gasteiger partial charge in [-0.2, -0.15) is 0 Å². The van der Waals surface area contributed by atoms with Gasteiger partial charge in [0.15, 0.2) is 0 Å². The van der Waals surface area contributed by atoms with Crippen LogP contribution in [0.1, 0.15) is 24.1 Å². The molecule has 152 valence electrons. The topological polar surface area (TPSA) is 70.7 Å². The molecule has 7 heteroatoms. The van der Waals surface area contributed by atoms with E-state index in [-0.39, 0.29) is 19.0 Å². The number of halogens is 1. The van der Waals surface area contributed by atoms with Crippen LogP contribution in [0.2, 0.25) is 0 Å². The number of ether oxygens (including phenoxy) is 1. The van der Waals surface area contributed by atoms with Gasteiger partial charge in [0.1, 0.15) is 5.82 Å². The van der Waals surface area contributed by atoms with Gasteiger partial charge < -0.3 is 20.3 Å². The maximum atomic E-state index is 13.2. The second kappa shape index (κ2) is 8.77. The van der Waals surface area contributed by atoms with Crippen LogP contribution in [-0.4, -0.2) is 32.2 Å². The van der Waals surface area contributed by atoms with Crippen LogP contribution in [0.25, 0.3) is 0 Å². The number of nitrogens with one attached hydrogen (secondary N) is 2. The van der Waals surface area contributed by atoms with Crippen molar-refractivity contribution in [1.82, 2.24) is 10.6 Å². The lowest BCUT2D eigenvalue weighted by Crippen LogP contribution is -2.48. The molecule has 1 aliphatic heterocycles. The molecule has 0 radical (unpaired) electrons. The maximum Gasteiger partial charge on any atom is 0.338 e. The minimum absolute atomic E-state index is 0.220. The SMILES string of the molecule is CCOC(=O)C1=C(CN(C)c2ccc(F)cc2)NC(=O)NC1c1ccc(C)cc1. The third-order valence-electron chi connectivity index (χ3n) is 4.72. The lowest BCUT2D eigenvalue weighted by molar-refractivity contribution is -0.139. The van der Waals surface area contributed by atoms with Crippen molar-refractivity contribution in [1.29, 1.82) is 0 Å². The first-order valence-corrected chi connectivity index (χ1v) is 9.40. The summed E-state index contributed by atoms with van der Waals surface area (Å²) in [4.78, 5) is 27.0. The number of hydrogen-bond donors (Lipinski definition) is 2. The van der Waals surface area contributed by atoms with Crippen molar-refractivity contribution in [3.05, 3.63) is 76.7 Å². The van der Waals surface area contributed by atoms with Gasteiger partial charge in [0, 0.05) is 12.7 Å². The van der Waals surface area contributed by atoms with Gasteiger partial charge in [-0.1, -0.05) is 29.8 Å². The smallest absolute Gasteiger partial charge is 0.338 e. The molecule has 29 heavy (non-hydrogen) atoms. The Balaban J connectivity index is 2.00. The third kappa shape index (κ3) is 4.74. The number of esters is 1. The summed E-state index contributed by atoms with van der Waals surface area (Å²) in [6.07, 6.45) is 0. The lowest BCUT2D eigenvalue weighted by Gasteiger charge is -2.31. The number of carbonyl (C=O) groups excluding carboxylic acids is 2. The predicted octanol–water partition coefficient (Wildman–Crippen LogP) is 3.44. The van der Waals surface area contributed by atoms with Crippen molar-refractivity contribution < 1.29 is 18.7 Å². The standard InChI is InChI=1S/C22H24FN3O3/c1-4-29-21(27)19-18(13-26(3)17-11-9-16(23)10-12-17)24-22(28)25-20(19)15-7-5-14(2)6-8-15/h5-12,20H,4,13H2,1-3H3,(H2,24,25,28). The maximum absolute atomic E-state index is 13.2. The molecule has 3 rings (SSSR count). The van der Waals surface area contributed by atoms with Gasteiger partial charge in [-0.3, -0.25) is 0 Å². The number of amides is 2. The van der Waals surface area contributed by atoms with Crippen LogP contribution >= 0.6 is 0 Å². The van der Waals surface area contributed by atoms with Crippen LogP contribution < -0.4 is 15.5 Å². The molecule has 1 atom stereocenters. The largest absolute Gasteiger partial charge is 0.463 e. The minimum atomic E-state index is -0.625. The Morgan fingerprint density at radius 3 is 2.41 bits per heavy atom. The minimum Gasteiger partial charge on any atom is -0.463 e. The molecule has 0 aromatic heterocycles. The normalized spacial score (nSPS) is 16.1. The van der Waals surface area contributed by atoms with Crippen LogP contribution in [0.3, 0.4) is 0 Å². The zero-order valence-electron chi connectivity index (χ0n) is 16.7. The first-order chi connectivity index (χ1) is 13.9. The summed E-state index contributed by atoms with van der Waals surface area (Å²) in [5.74, 6) is -0.823. The number of urea groups is 1. The van der Waals surface area contributed by atoms with E-state index in [1.54, 1.807) is 26.1 Å². The highest BCUT2D eigenvalue weighted by molar-refractivity contribution is 5.95. The average Bonchev–Trinajstić information content (AvgIpc) is 2.68. The van der Waals surface area contributed by atoms with Gasteiger partial charge in [0.2, 0.25) is 0 Å². The van der Waals surface area contributed by atoms with Gasteiger partial charge >= 0.3 is 12.0 Å². The van der Waals surface area contributed by atoms with Gasteiger partial charge in [0.25, 0.3) is 0 Å². The first kappa shape index (κ1) is 20.4. The molecule has 0 saturated carbocycles. The molecule has 2 amide bonds. The Labute approximate surface area is 169 Å². The molecular weight excluding hydrogens is 373 g/mol. The molecular formula is C22H24FN3O3. The summed E-state index contributed by atoms with van der Waals surface area (Å²) < 4.78 is 18.5. The Morgan fingerprint density at radius 1 is 1.14 bits per heavy atom. The van der Waals surface area contributed by atoms with Crippen LogP contribution in [0, 0.1) is 12.7 Å². The Kier molecular flexibility index (Phi) is 6.16. The van der Waals surface area contributed by atoms with Crippen molar-refractivity contribution in [2.45, 2.75) is 19.9 Å². The van der Waals surface area contributed by atoms with Crippen molar-refractivity contribution >= 4 is 17.7 Å². The summed E-state index contributed by atoms with van der Waals surface area (Å²) in [6, 6.07) is 12.6. The molecule has 2 aromatic carbocycles. The molecule has 1 aliphatic rings. The van der Waals surface area contributed by atoms with E-state index in [1.165, 1.54) is 12.1 Å². The summed E-state index contributed by atoms with van der Waals surface area (Å²) >= 11 is 0. The van der Waals surface area contributed by atoms with Gasteiger partial charge in [-0.05, 0) is 43.7 Å². The van der Waals surface area contributed by atoms with E-state index in [9.17, 15) is 14.0 Å². The fourth-order valence-electron chi connectivity index (χ4n) is 3.23. The van der Waals surface area contributed by atoms with E-state index >= 15 is 0 Å². The summed E-state index contributed by atoms with van der Waals surface area (Å²) in [7, 11) is 1.80. The van der Waals surface area contributed by atoms with Crippen molar-refractivity contribution in [2.24, 2.45) is 0 Å². The van der Waals surface area contributed by atoms with E-state index in [4.69, 9.17) is 4.74 Å². The summed E-state index contributed by atoms with van der Waals surface area (Å²) in [5, 5.41) is 5.56. The molecule has 0 spiro atoms. The molecule has 0 saturated heterocycles. The third-order valence-corrected chi connectivity index (χ3v) is 4.72. The Bertz CT molecular complexity index is 923. The average molecular weight is 397 g/mol. The molecule has 1 unspecified atom stereocenters. The number of aryl methyl sites for hydroxylation is 1. The number of benzene rings is 2. The number of carbonyl (C=O) groups is 2. The van der Waals surface area contributed by atoms with Crippen LogP contribution in [-0.2, 0) is 9.53 Å². The Morgan fingerprint density at radius 2 is 1.79 bits per heavy atom. The monoisotopic (exact) mass is 397 g/mol. The number of nitrogens with zero attached hydrogens (tertiary/aromatic N) is 1. The fraction of sp³-hybridized carbons (Fsp3) is 0.273. The second-order valence-electron chi connectivity index (χ2n) is 6.89.